The smallest absolute Gasteiger partial charge is 0.233 e. The molecule has 31 heavy (non-hydrogen) atoms. The molecule has 1 heterocycles. The molecule has 0 unspecified atom stereocenters. The average molecular weight is 438 g/mol. The van der Waals surface area contributed by atoms with Crippen LogP contribution in [0.3, 0.4) is 0 Å². The van der Waals surface area contributed by atoms with Gasteiger partial charge in [0.1, 0.15) is 5.78 Å². The molecule has 1 aliphatic carbocycles. The van der Waals surface area contributed by atoms with Gasteiger partial charge in [0, 0.05) is 13.0 Å². The minimum atomic E-state index is -0.562. The fourth-order valence-corrected chi connectivity index (χ4v) is 4.92. The van der Waals surface area contributed by atoms with Crippen molar-refractivity contribution in [3.05, 3.63) is 0 Å². The molecule has 1 saturated heterocycles. The van der Waals surface area contributed by atoms with Crippen molar-refractivity contribution in [2.24, 2.45) is 11.8 Å². The van der Waals surface area contributed by atoms with Crippen LogP contribution in [0.1, 0.15) is 70.6 Å². The van der Waals surface area contributed by atoms with E-state index in [1.54, 1.807) is 4.90 Å². The molecule has 1 N–H and O–H groups in total. The molecular formula is C23H39N3O5. The van der Waals surface area contributed by atoms with E-state index in [1.165, 1.54) is 0 Å². The van der Waals surface area contributed by atoms with E-state index in [-0.39, 0.29) is 30.4 Å². The maximum Gasteiger partial charge on any atom is 0.233 e. The normalized spacial score (nSPS) is 20.3. The van der Waals surface area contributed by atoms with Crippen LogP contribution in [0.2, 0.25) is 0 Å². The first-order valence-electron chi connectivity index (χ1n) is 11.7. The molecule has 8 heteroatoms. The summed E-state index contributed by atoms with van der Waals surface area (Å²) in [6.07, 6.45) is 8.58. The van der Waals surface area contributed by atoms with Gasteiger partial charge < -0.3 is 9.80 Å². The number of carbonyl (C=O) groups excluding carboxylic acids is 4. The largest absolute Gasteiger partial charge is 0.332 e. The van der Waals surface area contributed by atoms with Crippen molar-refractivity contribution in [2.45, 2.75) is 76.7 Å². The van der Waals surface area contributed by atoms with E-state index in [4.69, 9.17) is 0 Å². The van der Waals surface area contributed by atoms with E-state index < -0.39 is 12.0 Å². The minimum Gasteiger partial charge on any atom is -0.332 e. The summed E-state index contributed by atoms with van der Waals surface area (Å²) in [6.45, 7) is 1.35. The maximum absolute atomic E-state index is 13.3. The summed E-state index contributed by atoms with van der Waals surface area (Å²) < 4.78 is 0. The van der Waals surface area contributed by atoms with Gasteiger partial charge in [-0.15, -0.1) is 0 Å². The molecule has 8 nitrogen and oxygen atoms in total. The standard InChI is InChI=1S/C23H39N3O5/c1-24(2)12-6-5-10-20(28)15-22(29)21-11-7-13-26(21)23(30)19(16-25(31)17-27)14-18-8-3-4-9-18/h17-19,21,31H,3-16H2,1-2H3/t19-,21+/m1/s1. The van der Waals surface area contributed by atoms with Crippen LogP contribution in [0.25, 0.3) is 0 Å². The lowest BCUT2D eigenvalue weighted by Gasteiger charge is -2.30. The Balaban J connectivity index is 1.93. The van der Waals surface area contributed by atoms with E-state index in [0.717, 1.165) is 51.5 Å². The first-order valence-corrected chi connectivity index (χ1v) is 11.7. The number of amides is 2. The molecule has 1 aliphatic heterocycles. The third-order valence-corrected chi connectivity index (χ3v) is 6.56. The number of unbranched alkanes of at least 4 members (excludes halogenated alkanes) is 1. The van der Waals surface area contributed by atoms with Crippen molar-refractivity contribution >= 4 is 23.9 Å². The lowest BCUT2D eigenvalue weighted by Crippen LogP contribution is -2.46. The minimum absolute atomic E-state index is 0.0545. The van der Waals surface area contributed by atoms with Gasteiger partial charge in [-0.2, -0.15) is 0 Å². The maximum atomic E-state index is 13.3. The number of likely N-dealkylation sites (tertiary alicyclic amines) is 1. The van der Waals surface area contributed by atoms with Crippen LogP contribution in [0.4, 0.5) is 0 Å². The third-order valence-electron chi connectivity index (χ3n) is 6.56. The average Bonchev–Trinajstić information content (AvgIpc) is 3.41. The summed E-state index contributed by atoms with van der Waals surface area (Å²) >= 11 is 0. The fraction of sp³-hybridized carbons (Fsp3) is 0.826. The number of Topliss-reactive ketones (excluding diaryl/α,β-unsaturated/α-hetero) is 2. The van der Waals surface area contributed by atoms with Crippen LogP contribution >= 0.6 is 0 Å². The summed E-state index contributed by atoms with van der Waals surface area (Å²) in [7, 11) is 3.98. The highest BCUT2D eigenvalue weighted by Crippen LogP contribution is 2.32. The summed E-state index contributed by atoms with van der Waals surface area (Å²) in [5, 5.41) is 10.2. The SMILES string of the molecule is CN(C)CCCCC(=O)CC(=O)[C@@H]1CCCN1C(=O)[C@H](CC1CCCC1)CN(O)C=O. The van der Waals surface area contributed by atoms with Crippen molar-refractivity contribution in [1.29, 1.82) is 0 Å². The second-order valence-corrected chi connectivity index (χ2v) is 9.44. The van der Waals surface area contributed by atoms with Crippen molar-refractivity contribution in [2.75, 3.05) is 33.7 Å². The second kappa shape index (κ2) is 12.9. The van der Waals surface area contributed by atoms with Crippen molar-refractivity contribution < 1.29 is 24.4 Å². The van der Waals surface area contributed by atoms with Gasteiger partial charge in [0.15, 0.2) is 5.78 Å². The van der Waals surface area contributed by atoms with Crippen molar-refractivity contribution in [3.8, 4) is 0 Å². The molecule has 2 aliphatic rings. The highest BCUT2D eigenvalue weighted by Gasteiger charge is 2.38. The molecule has 0 spiro atoms. The summed E-state index contributed by atoms with van der Waals surface area (Å²) in [4.78, 5) is 53.0. The summed E-state index contributed by atoms with van der Waals surface area (Å²) in [5.74, 6) is -0.530. The van der Waals surface area contributed by atoms with Gasteiger partial charge in [0.25, 0.3) is 0 Å². The van der Waals surface area contributed by atoms with Gasteiger partial charge in [0.2, 0.25) is 12.3 Å². The zero-order valence-corrected chi connectivity index (χ0v) is 19.1. The van der Waals surface area contributed by atoms with E-state index in [2.05, 4.69) is 4.90 Å². The van der Waals surface area contributed by atoms with E-state index in [1.807, 2.05) is 14.1 Å². The van der Waals surface area contributed by atoms with Gasteiger partial charge in [0.05, 0.1) is 24.9 Å². The topological polar surface area (TPSA) is 98.2 Å². The van der Waals surface area contributed by atoms with Crippen molar-refractivity contribution in [1.82, 2.24) is 14.9 Å². The number of ketones is 2. The highest BCUT2D eigenvalue weighted by atomic mass is 16.5. The molecule has 2 amide bonds. The van der Waals surface area contributed by atoms with Crippen LogP contribution in [0.5, 0.6) is 0 Å². The Morgan fingerprint density at radius 1 is 1.10 bits per heavy atom. The Bertz CT molecular complexity index is 618. The molecule has 0 aromatic carbocycles. The molecule has 2 fully saturated rings. The summed E-state index contributed by atoms with van der Waals surface area (Å²) in [5.41, 5.74) is 0. The van der Waals surface area contributed by atoms with Gasteiger partial charge in [-0.1, -0.05) is 25.7 Å². The van der Waals surface area contributed by atoms with Gasteiger partial charge in [-0.25, -0.2) is 5.06 Å². The lowest BCUT2D eigenvalue weighted by molar-refractivity contribution is -0.158. The third kappa shape index (κ3) is 8.33. The fourth-order valence-electron chi connectivity index (χ4n) is 4.92. The number of hydroxylamine groups is 2. The molecule has 0 aromatic heterocycles. The lowest BCUT2D eigenvalue weighted by atomic mass is 9.91. The number of rotatable bonds is 14. The number of hydrogen-bond acceptors (Lipinski definition) is 6. The first kappa shape index (κ1) is 25.5. The van der Waals surface area contributed by atoms with Crippen molar-refractivity contribution in [3.63, 3.8) is 0 Å². The van der Waals surface area contributed by atoms with Crippen LogP contribution in [0, 0.1) is 11.8 Å². The predicted octanol–water partition coefficient (Wildman–Crippen LogP) is 2.28. The molecule has 176 valence electrons. The zero-order valence-electron chi connectivity index (χ0n) is 19.1. The quantitative estimate of drug-likeness (QED) is 0.147. The molecule has 0 radical (unpaired) electrons. The Labute approximate surface area is 185 Å². The molecule has 2 rings (SSSR count). The van der Waals surface area contributed by atoms with Crippen LogP contribution in [-0.2, 0) is 19.2 Å². The number of nitrogens with zero attached hydrogens (tertiary/aromatic N) is 3. The van der Waals surface area contributed by atoms with E-state index >= 15 is 0 Å². The molecule has 0 aromatic rings. The Morgan fingerprint density at radius 3 is 2.45 bits per heavy atom. The van der Waals surface area contributed by atoms with Crippen LogP contribution < -0.4 is 0 Å². The second-order valence-electron chi connectivity index (χ2n) is 9.44. The van der Waals surface area contributed by atoms with Gasteiger partial charge in [-0.05, 0) is 58.7 Å². The van der Waals surface area contributed by atoms with Crippen LogP contribution in [0.15, 0.2) is 0 Å². The molecule has 2 atom stereocenters. The van der Waals surface area contributed by atoms with Crippen LogP contribution in [-0.4, -0.2) is 83.7 Å². The summed E-state index contributed by atoms with van der Waals surface area (Å²) in [6, 6.07) is -0.562. The molecule has 1 saturated carbocycles. The molecule has 0 bridgehead atoms. The molecular weight excluding hydrogens is 398 g/mol. The Kier molecular flexibility index (Phi) is 10.6. The Hall–Kier alpha value is -1.80. The van der Waals surface area contributed by atoms with Gasteiger partial charge >= 0.3 is 0 Å². The first-order chi connectivity index (χ1) is 14.8. The van der Waals surface area contributed by atoms with E-state index in [0.29, 0.717) is 43.2 Å². The highest BCUT2D eigenvalue weighted by molar-refractivity contribution is 6.03. The predicted molar refractivity (Wildman–Crippen MR) is 116 cm³/mol. The van der Waals surface area contributed by atoms with E-state index in [9.17, 15) is 24.4 Å². The number of hydrogen-bond donors (Lipinski definition) is 1. The Morgan fingerprint density at radius 2 is 1.81 bits per heavy atom. The van der Waals surface area contributed by atoms with Gasteiger partial charge in [-0.3, -0.25) is 24.4 Å². The number of carbonyl (C=O) groups is 4. The zero-order chi connectivity index (χ0) is 22.8. The monoisotopic (exact) mass is 437 g/mol.